The molecule has 1 saturated carbocycles. The average Bonchev–Trinajstić information content (AvgIpc) is 2.32. The van der Waals surface area contributed by atoms with Gasteiger partial charge in [-0.25, -0.2) is 0 Å². The quantitative estimate of drug-likeness (QED) is 0.773. The van der Waals surface area contributed by atoms with Gasteiger partial charge >= 0.3 is 0 Å². The Balaban J connectivity index is 2.45. The van der Waals surface area contributed by atoms with Gasteiger partial charge in [0.2, 0.25) is 0 Å². The molecule has 0 bridgehead atoms. The van der Waals surface area contributed by atoms with Crippen LogP contribution in [0.25, 0.3) is 0 Å². The Labute approximate surface area is 108 Å². The third kappa shape index (κ3) is 4.59. The SMILES string of the molecule is CCC(C)CN(C)CC1(CN)CCC(C)CC1. The molecule has 2 N–H and O–H groups in total. The van der Waals surface area contributed by atoms with Gasteiger partial charge in [0.15, 0.2) is 0 Å². The van der Waals surface area contributed by atoms with Crippen LogP contribution in [0.15, 0.2) is 0 Å². The molecule has 1 fully saturated rings. The van der Waals surface area contributed by atoms with Crippen molar-refractivity contribution in [2.24, 2.45) is 23.0 Å². The number of nitrogens with zero attached hydrogens (tertiary/aromatic N) is 1. The first-order chi connectivity index (χ1) is 8.01. The van der Waals surface area contributed by atoms with Crippen molar-refractivity contribution >= 4 is 0 Å². The molecule has 2 heteroatoms. The minimum atomic E-state index is 0.411. The van der Waals surface area contributed by atoms with Gasteiger partial charge in [-0.3, -0.25) is 0 Å². The molecule has 0 aliphatic heterocycles. The van der Waals surface area contributed by atoms with E-state index in [9.17, 15) is 0 Å². The third-order valence-electron chi connectivity index (χ3n) is 4.69. The van der Waals surface area contributed by atoms with Crippen molar-refractivity contribution in [1.29, 1.82) is 0 Å². The molecule has 0 radical (unpaired) electrons. The maximum absolute atomic E-state index is 6.07. The molecule has 2 nitrogen and oxygen atoms in total. The van der Waals surface area contributed by atoms with E-state index in [1.807, 2.05) is 0 Å². The van der Waals surface area contributed by atoms with Crippen LogP contribution in [0.5, 0.6) is 0 Å². The van der Waals surface area contributed by atoms with Crippen LogP contribution in [0, 0.1) is 17.3 Å². The fourth-order valence-corrected chi connectivity index (χ4v) is 3.10. The molecule has 0 saturated heterocycles. The summed E-state index contributed by atoms with van der Waals surface area (Å²) in [6.07, 6.45) is 6.67. The van der Waals surface area contributed by atoms with Crippen molar-refractivity contribution in [1.82, 2.24) is 4.90 Å². The highest BCUT2D eigenvalue weighted by Gasteiger charge is 2.33. The van der Waals surface area contributed by atoms with Gasteiger partial charge in [-0.2, -0.15) is 0 Å². The molecule has 1 rings (SSSR count). The normalized spacial score (nSPS) is 31.8. The molecule has 0 aromatic carbocycles. The molecule has 1 aliphatic carbocycles. The van der Waals surface area contributed by atoms with E-state index in [0.29, 0.717) is 5.41 Å². The Bertz CT molecular complexity index is 207. The number of rotatable bonds is 6. The summed E-state index contributed by atoms with van der Waals surface area (Å²) in [6, 6.07) is 0. The van der Waals surface area contributed by atoms with E-state index >= 15 is 0 Å². The molecular weight excluding hydrogens is 208 g/mol. The first-order valence-corrected chi connectivity index (χ1v) is 7.40. The highest BCUT2D eigenvalue weighted by Crippen LogP contribution is 2.38. The lowest BCUT2D eigenvalue weighted by molar-refractivity contribution is 0.101. The Morgan fingerprint density at radius 1 is 1.35 bits per heavy atom. The number of hydrogen-bond donors (Lipinski definition) is 1. The molecule has 1 unspecified atom stereocenters. The van der Waals surface area contributed by atoms with Gasteiger partial charge < -0.3 is 10.6 Å². The second-order valence-electron chi connectivity index (χ2n) is 6.60. The fourth-order valence-electron chi connectivity index (χ4n) is 3.10. The lowest BCUT2D eigenvalue weighted by Gasteiger charge is -2.41. The Hall–Kier alpha value is -0.0800. The molecule has 0 spiro atoms. The van der Waals surface area contributed by atoms with Gasteiger partial charge in [-0.1, -0.05) is 40.0 Å². The Kier molecular flexibility index (Phi) is 5.94. The maximum atomic E-state index is 6.07. The first kappa shape index (κ1) is 15.0. The topological polar surface area (TPSA) is 29.3 Å². The van der Waals surface area contributed by atoms with Gasteiger partial charge in [-0.05, 0) is 43.7 Å². The summed E-state index contributed by atoms with van der Waals surface area (Å²) in [6.45, 7) is 10.3. The summed E-state index contributed by atoms with van der Waals surface area (Å²) < 4.78 is 0. The van der Waals surface area contributed by atoms with Crippen LogP contribution in [-0.2, 0) is 0 Å². The van der Waals surface area contributed by atoms with Crippen molar-refractivity contribution in [2.75, 3.05) is 26.7 Å². The van der Waals surface area contributed by atoms with E-state index in [1.165, 1.54) is 45.2 Å². The zero-order valence-electron chi connectivity index (χ0n) is 12.3. The van der Waals surface area contributed by atoms with Gasteiger partial charge in [0, 0.05) is 13.1 Å². The second-order valence-corrected chi connectivity index (χ2v) is 6.60. The summed E-state index contributed by atoms with van der Waals surface area (Å²) in [5.74, 6) is 1.71. The van der Waals surface area contributed by atoms with E-state index in [1.54, 1.807) is 0 Å². The van der Waals surface area contributed by atoms with E-state index in [-0.39, 0.29) is 0 Å². The largest absolute Gasteiger partial charge is 0.330 e. The van der Waals surface area contributed by atoms with E-state index in [0.717, 1.165) is 18.4 Å². The predicted molar refractivity (Wildman–Crippen MR) is 76.1 cm³/mol. The smallest absolute Gasteiger partial charge is 0.00471 e. The third-order valence-corrected chi connectivity index (χ3v) is 4.69. The van der Waals surface area contributed by atoms with E-state index < -0.39 is 0 Å². The lowest BCUT2D eigenvalue weighted by Crippen LogP contribution is -2.44. The number of nitrogens with two attached hydrogens (primary N) is 1. The molecule has 0 amide bonds. The molecule has 102 valence electrons. The standard InChI is InChI=1S/C15H32N2/c1-5-13(2)10-17(4)12-15(11-16)8-6-14(3)7-9-15/h13-14H,5-12,16H2,1-4H3. The maximum Gasteiger partial charge on any atom is 0.00471 e. The van der Waals surface area contributed by atoms with Gasteiger partial charge in [0.1, 0.15) is 0 Å². The minimum Gasteiger partial charge on any atom is -0.330 e. The van der Waals surface area contributed by atoms with Crippen LogP contribution >= 0.6 is 0 Å². The van der Waals surface area contributed by atoms with Crippen LogP contribution in [-0.4, -0.2) is 31.6 Å². The van der Waals surface area contributed by atoms with E-state index in [2.05, 4.69) is 32.7 Å². The van der Waals surface area contributed by atoms with Crippen molar-refractivity contribution in [2.45, 2.75) is 52.9 Å². The highest BCUT2D eigenvalue weighted by atomic mass is 15.1. The second kappa shape index (κ2) is 6.75. The molecular formula is C15H32N2. The van der Waals surface area contributed by atoms with Gasteiger partial charge in [-0.15, -0.1) is 0 Å². The molecule has 1 atom stereocenters. The predicted octanol–water partition coefficient (Wildman–Crippen LogP) is 3.12. The molecule has 0 aromatic heterocycles. The van der Waals surface area contributed by atoms with Crippen molar-refractivity contribution in [3.63, 3.8) is 0 Å². The zero-order valence-corrected chi connectivity index (χ0v) is 12.3. The van der Waals surface area contributed by atoms with Crippen LogP contribution in [0.4, 0.5) is 0 Å². The summed E-state index contributed by atoms with van der Waals surface area (Å²) in [7, 11) is 2.27. The summed E-state index contributed by atoms with van der Waals surface area (Å²) in [4.78, 5) is 2.51. The van der Waals surface area contributed by atoms with Crippen molar-refractivity contribution in [3.8, 4) is 0 Å². The Morgan fingerprint density at radius 2 is 1.94 bits per heavy atom. The highest BCUT2D eigenvalue weighted by molar-refractivity contribution is 4.88. The number of hydrogen-bond acceptors (Lipinski definition) is 2. The summed E-state index contributed by atoms with van der Waals surface area (Å²) in [5.41, 5.74) is 6.48. The minimum absolute atomic E-state index is 0.411. The van der Waals surface area contributed by atoms with Gasteiger partial charge in [0.25, 0.3) is 0 Å². The van der Waals surface area contributed by atoms with Gasteiger partial charge in [0.05, 0.1) is 0 Å². The zero-order chi connectivity index (χ0) is 12.9. The molecule has 0 aromatic rings. The van der Waals surface area contributed by atoms with E-state index in [4.69, 9.17) is 5.73 Å². The molecule has 17 heavy (non-hydrogen) atoms. The fraction of sp³-hybridized carbons (Fsp3) is 1.00. The summed E-state index contributed by atoms with van der Waals surface area (Å²) >= 11 is 0. The summed E-state index contributed by atoms with van der Waals surface area (Å²) in [5, 5.41) is 0. The van der Waals surface area contributed by atoms with Crippen LogP contribution < -0.4 is 5.73 Å². The lowest BCUT2D eigenvalue weighted by atomic mass is 9.70. The van der Waals surface area contributed by atoms with Crippen LogP contribution in [0.3, 0.4) is 0 Å². The van der Waals surface area contributed by atoms with Crippen molar-refractivity contribution in [3.05, 3.63) is 0 Å². The monoisotopic (exact) mass is 240 g/mol. The van der Waals surface area contributed by atoms with Crippen molar-refractivity contribution < 1.29 is 0 Å². The van der Waals surface area contributed by atoms with Crippen LogP contribution in [0.2, 0.25) is 0 Å². The molecule has 0 heterocycles. The Morgan fingerprint density at radius 3 is 2.41 bits per heavy atom. The average molecular weight is 240 g/mol. The molecule has 1 aliphatic rings. The van der Waals surface area contributed by atoms with Crippen LogP contribution in [0.1, 0.15) is 52.9 Å². The first-order valence-electron chi connectivity index (χ1n) is 7.40.